The summed E-state index contributed by atoms with van der Waals surface area (Å²) in [5.41, 5.74) is 2.84. The van der Waals surface area contributed by atoms with Gasteiger partial charge in [0.2, 0.25) is 0 Å². The van der Waals surface area contributed by atoms with E-state index >= 15 is 0 Å². The first-order valence-corrected chi connectivity index (χ1v) is 5.25. The molecule has 0 saturated carbocycles. The van der Waals surface area contributed by atoms with E-state index in [-0.39, 0.29) is 0 Å². The summed E-state index contributed by atoms with van der Waals surface area (Å²) < 4.78 is 1.89. The van der Waals surface area contributed by atoms with Gasteiger partial charge in [-0.15, -0.1) is 0 Å². The van der Waals surface area contributed by atoms with Crippen molar-refractivity contribution in [1.82, 2.24) is 2.78 Å². The highest BCUT2D eigenvalue weighted by atomic mass is 127. The quantitative estimate of drug-likeness (QED) is 0.677. The summed E-state index contributed by atoms with van der Waals surface area (Å²) in [7, 11) is 0. The molecule has 0 spiro atoms. The molecule has 13 heavy (non-hydrogen) atoms. The number of rotatable bonds is 0. The van der Waals surface area contributed by atoms with E-state index in [2.05, 4.69) is 28.9 Å². The Hall–Kier alpha value is -0.470. The first kappa shape index (κ1) is 9.10. The minimum Gasteiger partial charge on any atom is -0.277 e. The molecule has 0 saturated heterocycles. The summed E-state index contributed by atoms with van der Waals surface area (Å²) in [6.07, 6.45) is 3.93. The van der Waals surface area contributed by atoms with Crippen molar-refractivity contribution in [2.45, 2.75) is 12.8 Å². The van der Waals surface area contributed by atoms with E-state index in [0.717, 1.165) is 29.1 Å². The topological polar surface area (TPSA) is 28.7 Å². The molecule has 0 radical (unpaired) electrons. The van der Waals surface area contributed by atoms with Crippen molar-refractivity contribution in [2.75, 3.05) is 0 Å². The zero-order valence-electron chi connectivity index (χ0n) is 6.72. The van der Waals surface area contributed by atoms with Crippen LogP contribution in [0.3, 0.4) is 0 Å². The van der Waals surface area contributed by atoms with Crippen molar-refractivity contribution in [3.63, 3.8) is 0 Å². The first-order valence-electron chi connectivity index (χ1n) is 3.91. The van der Waals surface area contributed by atoms with Crippen molar-refractivity contribution in [3.05, 3.63) is 29.1 Å². The van der Waals surface area contributed by atoms with Crippen LogP contribution in [0.25, 0.3) is 5.03 Å². The molecule has 0 amide bonds. The van der Waals surface area contributed by atoms with Gasteiger partial charge in [-0.25, -0.2) is 0 Å². The Kier molecular flexibility index (Phi) is 2.35. The van der Waals surface area contributed by atoms with Gasteiger partial charge in [-0.05, 0) is 18.9 Å². The fourth-order valence-corrected chi connectivity index (χ4v) is 2.51. The largest absolute Gasteiger partial charge is 0.277 e. The minimum atomic E-state index is 0.666. The second-order valence-corrected chi connectivity index (χ2v) is 4.25. The summed E-state index contributed by atoms with van der Waals surface area (Å²) in [4.78, 5) is 0. The van der Waals surface area contributed by atoms with E-state index < -0.39 is 0 Å². The third-order valence-corrected chi connectivity index (χ3v) is 3.58. The minimum absolute atomic E-state index is 0.666. The van der Waals surface area contributed by atoms with Crippen molar-refractivity contribution in [1.29, 1.82) is 5.26 Å². The lowest BCUT2D eigenvalue weighted by molar-refractivity contribution is 0.932. The molecule has 1 aliphatic rings. The molecule has 1 aromatic rings. The zero-order chi connectivity index (χ0) is 9.42. The third kappa shape index (κ3) is 1.38. The van der Waals surface area contributed by atoms with Gasteiger partial charge in [0.05, 0.1) is 22.9 Å². The molecule has 2 rings (SSSR count). The van der Waals surface area contributed by atoms with Crippen molar-refractivity contribution in [2.24, 2.45) is 0 Å². The fraction of sp³-hybridized carbons (Fsp3) is 0.222. The van der Waals surface area contributed by atoms with Crippen LogP contribution < -0.4 is 0 Å². The Morgan fingerprint density at radius 3 is 3.00 bits per heavy atom. The number of nitrogens with zero attached hydrogens (tertiary/aromatic N) is 2. The monoisotopic (exact) mass is 304 g/mol. The number of aromatic nitrogens is 1. The normalized spacial score (nSPS) is 14.7. The summed E-state index contributed by atoms with van der Waals surface area (Å²) >= 11 is 8.16. The van der Waals surface area contributed by atoms with Gasteiger partial charge in [0.25, 0.3) is 0 Å². The summed E-state index contributed by atoms with van der Waals surface area (Å²) in [5, 5.41) is 9.59. The molecule has 66 valence electrons. The molecule has 4 heteroatoms. The summed E-state index contributed by atoms with van der Waals surface area (Å²) in [6.45, 7) is 0. The average molecular weight is 305 g/mol. The summed E-state index contributed by atoms with van der Waals surface area (Å²) in [6, 6.07) is 3.99. The second-order valence-electron chi connectivity index (χ2n) is 2.87. The molecule has 1 heterocycles. The maximum absolute atomic E-state index is 8.82. The lowest BCUT2D eigenvalue weighted by atomic mass is 10.1. The van der Waals surface area contributed by atoms with Crippen LogP contribution in [0.15, 0.2) is 12.1 Å². The molecular weight excluding hydrogens is 298 g/mol. The fourth-order valence-electron chi connectivity index (χ4n) is 1.49. The Bertz CT molecular complexity index is 426. The SMILES string of the molecule is N#Cc1cc2c(n1I)CCC=C2Cl. The van der Waals surface area contributed by atoms with Gasteiger partial charge in [0.15, 0.2) is 0 Å². The molecule has 0 bridgehead atoms. The number of allylic oxidation sites excluding steroid dienone is 1. The van der Waals surface area contributed by atoms with Gasteiger partial charge in [-0.1, -0.05) is 17.7 Å². The predicted molar refractivity (Wildman–Crippen MR) is 60.7 cm³/mol. The Morgan fingerprint density at radius 2 is 2.38 bits per heavy atom. The smallest absolute Gasteiger partial charge is 0.129 e. The standard InChI is InChI=1S/C9H6ClIN2/c10-8-2-1-3-9-7(8)4-6(5-12)13(9)11/h2,4H,1,3H2. The molecule has 2 nitrogen and oxygen atoms in total. The van der Waals surface area contributed by atoms with Gasteiger partial charge in [-0.2, -0.15) is 5.26 Å². The van der Waals surface area contributed by atoms with Crippen LogP contribution in [0.4, 0.5) is 0 Å². The van der Waals surface area contributed by atoms with Gasteiger partial charge < -0.3 is 0 Å². The Balaban J connectivity index is 2.65. The Labute approximate surface area is 95.3 Å². The molecule has 1 aliphatic carbocycles. The lowest BCUT2D eigenvalue weighted by Crippen LogP contribution is -1.98. The van der Waals surface area contributed by atoms with Crippen LogP contribution in [0.5, 0.6) is 0 Å². The van der Waals surface area contributed by atoms with E-state index in [1.54, 1.807) is 0 Å². The van der Waals surface area contributed by atoms with Gasteiger partial charge in [0.1, 0.15) is 11.8 Å². The van der Waals surface area contributed by atoms with E-state index in [4.69, 9.17) is 16.9 Å². The number of hydrogen-bond acceptors (Lipinski definition) is 1. The molecule has 0 aliphatic heterocycles. The number of nitriles is 1. The summed E-state index contributed by atoms with van der Waals surface area (Å²) in [5.74, 6) is 0. The average Bonchev–Trinajstić information content (AvgIpc) is 2.45. The van der Waals surface area contributed by atoms with Crippen molar-refractivity contribution < 1.29 is 0 Å². The predicted octanol–water partition coefficient (Wildman–Crippen LogP) is 3.08. The second kappa shape index (κ2) is 3.35. The van der Waals surface area contributed by atoms with Crippen LogP contribution >= 0.6 is 34.5 Å². The molecule has 0 aromatic carbocycles. The van der Waals surface area contributed by atoms with E-state index in [1.165, 1.54) is 0 Å². The lowest BCUT2D eigenvalue weighted by Gasteiger charge is -2.09. The zero-order valence-corrected chi connectivity index (χ0v) is 9.63. The number of fused-ring (bicyclic) bond motifs is 1. The van der Waals surface area contributed by atoms with Crippen molar-refractivity contribution >= 4 is 39.5 Å². The number of halogens is 2. The molecule has 0 atom stereocenters. The molecular formula is C9H6ClIN2. The van der Waals surface area contributed by atoms with Crippen LogP contribution in [-0.4, -0.2) is 2.78 Å². The van der Waals surface area contributed by atoms with Crippen LogP contribution in [0, 0.1) is 11.3 Å². The number of hydrogen-bond donors (Lipinski definition) is 0. The van der Waals surface area contributed by atoms with Crippen LogP contribution in [0.1, 0.15) is 23.4 Å². The van der Waals surface area contributed by atoms with E-state index in [0.29, 0.717) is 5.69 Å². The van der Waals surface area contributed by atoms with Crippen molar-refractivity contribution in [3.8, 4) is 6.07 Å². The highest BCUT2D eigenvalue weighted by Gasteiger charge is 2.17. The van der Waals surface area contributed by atoms with E-state index in [1.807, 2.05) is 14.9 Å². The maximum Gasteiger partial charge on any atom is 0.129 e. The van der Waals surface area contributed by atoms with Crippen LogP contribution in [-0.2, 0) is 6.42 Å². The van der Waals surface area contributed by atoms with Gasteiger partial charge in [-0.3, -0.25) is 2.78 Å². The molecule has 0 N–H and O–H groups in total. The van der Waals surface area contributed by atoms with Gasteiger partial charge >= 0.3 is 0 Å². The Morgan fingerprint density at radius 1 is 1.62 bits per heavy atom. The van der Waals surface area contributed by atoms with E-state index in [9.17, 15) is 0 Å². The molecule has 1 aromatic heterocycles. The first-order chi connectivity index (χ1) is 6.24. The molecule has 0 fully saturated rings. The van der Waals surface area contributed by atoms with Crippen LogP contribution in [0.2, 0.25) is 0 Å². The highest BCUT2D eigenvalue weighted by molar-refractivity contribution is 14.1. The van der Waals surface area contributed by atoms with Gasteiger partial charge in [0, 0.05) is 16.3 Å². The molecule has 0 unspecified atom stereocenters. The third-order valence-electron chi connectivity index (χ3n) is 2.12. The maximum atomic E-state index is 8.82. The highest BCUT2D eigenvalue weighted by Crippen LogP contribution is 2.32.